The van der Waals surface area contributed by atoms with Crippen LogP contribution in [0.2, 0.25) is 0 Å². The number of carbonyl (C=O) groups is 3. The molecule has 1 atom stereocenters. The molecule has 5 rings (SSSR count). The second kappa shape index (κ2) is 8.57. The van der Waals surface area contributed by atoms with Crippen molar-refractivity contribution in [3.05, 3.63) is 53.6 Å². The Hall–Kier alpha value is -3.15. The quantitative estimate of drug-likeness (QED) is 0.541. The number of nitrogens with one attached hydrogen (secondary N) is 1. The zero-order chi connectivity index (χ0) is 24.0. The maximum absolute atomic E-state index is 13.0. The van der Waals surface area contributed by atoms with E-state index in [1.54, 1.807) is 36.4 Å². The van der Waals surface area contributed by atoms with Crippen LogP contribution in [0.15, 0.2) is 47.4 Å². The standard InChI is InChI=1S/C23H22N4O5S2/c1-14(27-21(29)16-7-3-4-8-17(16)22(27)30)20(28)25-23-24-18-10-9-15(13-19(18)33-23)34(31,32)26-11-5-2-6-12-26/h3-4,7-10,13-14H,2,5-6,11-12H2,1H3,(H,24,25,28). The van der Waals surface area contributed by atoms with Crippen LogP contribution in [0.1, 0.15) is 46.9 Å². The third-order valence-electron chi connectivity index (χ3n) is 6.14. The monoisotopic (exact) mass is 498 g/mol. The van der Waals surface area contributed by atoms with E-state index < -0.39 is 33.8 Å². The zero-order valence-electron chi connectivity index (χ0n) is 18.4. The van der Waals surface area contributed by atoms with Crippen molar-refractivity contribution in [2.24, 2.45) is 0 Å². The fourth-order valence-corrected chi connectivity index (χ4v) is 6.79. The number of rotatable bonds is 5. The molecule has 3 amide bonds. The van der Waals surface area contributed by atoms with Gasteiger partial charge in [-0.15, -0.1) is 0 Å². The summed E-state index contributed by atoms with van der Waals surface area (Å²) in [7, 11) is -3.59. The highest BCUT2D eigenvalue weighted by Crippen LogP contribution is 2.31. The maximum atomic E-state index is 13.0. The first-order valence-electron chi connectivity index (χ1n) is 11.0. The number of carbonyl (C=O) groups excluding carboxylic acids is 3. The van der Waals surface area contributed by atoms with Gasteiger partial charge in [-0.3, -0.25) is 19.3 Å². The molecule has 11 heteroatoms. The largest absolute Gasteiger partial charge is 0.300 e. The second-order valence-electron chi connectivity index (χ2n) is 8.30. The molecule has 0 radical (unpaired) electrons. The molecule has 0 bridgehead atoms. The van der Waals surface area contributed by atoms with Gasteiger partial charge in [0, 0.05) is 13.1 Å². The lowest BCUT2D eigenvalue weighted by molar-refractivity contribution is -0.119. The highest BCUT2D eigenvalue weighted by Gasteiger charge is 2.40. The van der Waals surface area contributed by atoms with E-state index in [0.717, 1.165) is 35.5 Å². The molecule has 0 spiro atoms. The topological polar surface area (TPSA) is 117 Å². The van der Waals surface area contributed by atoms with Crippen molar-refractivity contribution in [1.82, 2.24) is 14.2 Å². The Bertz CT molecular complexity index is 1390. The predicted molar refractivity (Wildman–Crippen MR) is 127 cm³/mol. The molecular weight excluding hydrogens is 476 g/mol. The van der Waals surface area contributed by atoms with Crippen LogP contribution < -0.4 is 5.32 Å². The molecule has 1 saturated heterocycles. The molecule has 176 valence electrons. The highest BCUT2D eigenvalue weighted by molar-refractivity contribution is 7.89. The lowest BCUT2D eigenvalue weighted by atomic mass is 10.1. The molecule has 9 nitrogen and oxygen atoms in total. The van der Waals surface area contributed by atoms with Crippen LogP contribution in [0.25, 0.3) is 10.2 Å². The van der Waals surface area contributed by atoms with Crippen molar-refractivity contribution in [2.75, 3.05) is 18.4 Å². The van der Waals surface area contributed by atoms with Crippen LogP contribution in [0.4, 0.5) is 5.13 Å². The number of amides is 3. The van der Waals surface area contributed by atoms with Crippen LogP contribution in [-0.4, -0.2) is 59.5 Å². The molecule has 0 aliphatic carbocycles. The Morgan fingerprint density at radius 2 is 1.68 bits per heavy atom. The smallest absolute Gasteiger partial charge is 0.262 e. The van der Waals surface area contributed by atoms with E-state index in [2.05, 4.69) is 10.3 Å². The Kier molecular flexibility index (Phi) is 5.70. The van der Waals surface area contributed by atoms with Crippen molar-refractivity contribution >= 4 is 54.4 Å². The summed E-state index contributed by atoms with van der Waals surface area (Å²) >= 11 is 1.14. The van der Waals surface area contributed by atoms with Gasteiger partial charge in [0.2, 0.25) is 15.9 Å². The molecule has 1 unspecified atom stereocenters. The number of imide groups is 1. The normalized spacial score (nSPS) is 17.7. The van der Waals surface area contributed by atoms with Gasteiger partial charge in [-0.05, 0) is 50.1 Å². The predicted octanol–water partition coefficient (Wildman–Crippen LogP) is 3.09. The van der Waals surface area contributed by atoms with Gasteiger partial charge in [-0.25, -0.2) is 13.4 Å². The van der Waals surface area contributed by atoms with Gasteiger partial charge in [0.25, 0.3) is 11.8 Å². The molecule has 2 aromatic carbocycles. The lowest BCUT2D eigenvalue weighted by Crippen LogP contribution is -2.45. The van der Waals surface area contributed by atoms with Gasteiger partial charge in [-0.2, -0.15) is 4.31 Å². The fraction of sp³-hybridized carbons (Fsp3) is 0.304. The van der Waals surface area contributed by atoms with E-state index in [1.165, 1.54) is 17.3 Å². The summed E-state index contributed by atoms with van der Waals surface area (Å²) in [6, 6.07) is 10.1. The van der Waals surface area contributed by atoms with Crippen LogP contribution in [0.3, 0.4) is 0 Å². The number of anilines is 1. The van der Waals surface area contributed by atoms with E-state index >= 15 is 0 Å². The van der Waals surface area contributed by atoms with Crippen LogP contribution in [-0.2, 0) is 14.8 Å². The SMILES string of the molecule is CC(C(=O)Nc1nc2ccc(S(=O)(=O)N3CCCCC3)cc2s1)N1C(=O)c2ccccc2C1=O. The fourth-order valence-electron chi connectivity index (χ4n) is 4.26. The minimum Gasteiger partial charge on any atom is -0.300 e. The number of thiazole rings is 1. The first kappa shape index (κ1) is 22.6. The molecule has 3 heterocycles. The van der Waals surface area contributed by atoms with Gasteiger partial charge in [0.1, 0.15) is 6.04 Å². The molecule has 2 aliphatic rings. The highest BCUT2D eigenvalue weighted by atomic mass is 32.2. The molecule has 34 heavy (non-hydrogen) atoms. The molecular formula is C23H22N4O5S2. The average Bonchev–Trinajstić information content (AvgIpc) is 3.36. The molecule has 0 saturated carbocycles. The first-order valence-corrected chi connectivity index (χ1v) is 13.2. The number of fused-ring (bicyclic) bond motifs is 2. The van der Waals surface area contributed by atoms with Gasteiger partial charge in [-0.1, -0.05) is 29.9 Å². The van der Waals surface area contributed by atoms with E-state index in [4.69, 9.17) is 0 Å². The Morgan fingerprint density at radius 1 is 1.03 bits per heavy atom. The molecule has 1 fully saturated rings. The van der Waals surface area contributed by atoms with Crippen molar-refractivity contribution in [3.8, 4) is 0 Å². The summed E-state index contributed by atoms with van der Waals surface area (Å²) in [5, 5.41) is 2.92. The third kappa shape index (κ3) is 3.79. The van der Waals surface area contributed by atoms with E-state index in [-0.39, 0.29) is 21.2 Å². The Balaban J connectivity index is 1.35. The van der Waals surface area contributed by atoms with Gasteiger partial charge < -0.3 is 5.32 Å². The number of nitrogens with zero attached hydrogens (tertiary/aromatic N) is 3. The minimum absolute atomic E-state index is 0.197. The number of benzene rings is 2. The molecule has 3 aromatic rings. The molecule has 1 N–H and O–H groups in total. The molecule has 2 aliphatic heterocycles. The first-order chi connectivity index (χ1) is 16.3. The summed E-state index contributed by atoms with van der Waals surface area (Å²) in [6.45, 7) is 2.51. The Labute approximate surface area is 200 Å². The van der Waals surface area contributed by atoms with Crippen molar-refractivity contribution in [3.63, 3.8) is 0 Å². The summed E-state index contributed by atoms with van der Waals surface area (Å²) in [5.74, 6) is -1.59. The van der Waals surface area contributed by atoms with Crippen LogP contribution in [0, 0.1) is 0 Å². The van der Waals surface area contributed by atoms with Crippen molar-refractivity contribution in [1.29, 1.82) is 0 Å². The zero-order valence-corrected chi connectivity index (χ0v) is 20.0. The van der Waals surface area contributed by atoms with Crippen molar-refractivity contribution in [2.45, 2.75) is 37.1 Å². The summed E-state index contributed by atoms with van der Waals surface area (Å²) in [6.07, 6.45) is 2.73. The summed E-state index contributed by atoms with van der Waals surface area (Å²) < 4.78 is 28.1. The number of hydrogen-bond donors (Lipinski definition) is 1. The van der Waals surface area contributed by atoms with Crippen LogP contribution >= 0.6 is 11.3 Å². The van der Waals surface area contributed by atoms with E-state index in [9.17, 15) is 22.8 Å². The summed E-state index contributed by atoms with van der Waals surface area (Å²) in [4.78, 5) is 43.7. The van der Waals surface area contributed by atoms with Gasteiger partial charge >= 0.3 is 0 Å². The number of aromatic nitrogens is 1. The van der Waals surface area contributed by atoms with Crippen LogP contribution in [0.5, 0.6) is 0 Å². The average molecular weight is 499 g/mol. The number of hydrogen-bond acceptors (Lipinski definition) is 7. The van der Waals surface area contributed by atoms with E-state index in [0.29, 0.717) is 23.3 Å². The van der Waals surface area contributed by atoms with E-state index in [1.807, 2.05) is 0 Å². The maximum Gasteiger partial charge on any atom is 0.262 e. The van der Waals surface area contributed by atoms with Gasteiger partial charge in [0.15, 0.2) is 5.13 Å². The number of sulfonamides is 1. The summed E-state index contributed by atoms with van der Waals surface area (Å²) in [5.41, 5.74) is 1.09. The second-order valence-corrected chi connectivity index (χ2v) is 11.3. The number of piperidine rings is 1. The van der Waals surface area contributed by atoms with Gasteiger partial charge in [0.05, 0.1) is 26.2 Å². The Morgan fingerprint density at radius 3 is 2.32 bits per heavy atom. The molecule has 1 aromatic heterocycles. The van der Waals surface area contributed by atoms with Crippen molar-refractivity contribution < 1.29 is 22.8 Å². The lowest BCUT2D eigenvalue weighted by Gasteiger charge is -2.25. The third-order valence-corrected chi connectivity index (χ3v) is 8.96. The minimum atomic E-state index is -3.59.